The van der Waals surface area contributed by atoms with Gasteiger partial charge in [0.05, 0.1) is 12.3 Å². The lowest BCUT2D eigenvalue weighted by molar-refractivity contribution is -0.159. The molecule has 0 aliphatic carbocycles. The molecule has 1 rings (SSSR count). The number of hydrogen-bond donors (Lipinski definition) is 1. The maximum Gasteiger partial charge on any atom is 0.307 e. The molecule has 0 bridgehead atoms. The van der Waals surface area contributed by atoms with Gasteiger partial charge in [0.1, 0.15) is 5.60 Å². The van der Waals surface area contributed by atoms with Crippen LogP contribution < -0.4 is 0 Å². The van der Waals surface area contributed by atoms with Crippen LogP contribution in [0.1, 0.15) is 32.8 Å². The summed E-state index contributed by atoms with van der Waals surface area (Å²) >= 11 is 3.32. The molecule has 0 unspecified atom stereocenters. The van der Waals surface area contributed by atoms with Gasteiger partial charge in [-0.3, -0.25) is 9.59 Å². The molecule has 0 aromatic heterocycles. The van der Waals surface area contributed by atoms with Crippen molar-refractivity contribution in [2.24, 2.45) is 5.92 Å². The van der Waals surface area contributed by atoms with Crippen molar-refractivity contribution in [3.63, 3.8) is 0 Å². The van der Waals surface area contributed by atoms with E-state index in [1.54, 1.807) is 20.8 Å². The standard InChI is InChI=1S/C15H19BrO4/c1-15(2,3)20-13(17)9-11(14(18)19)8-10-4-6-12(16)7-5-10/h4-7,11H,8-9H2,1-3H3,(H,18,19)/t11-/m1/s1. The third kappa shape index (κ3) is 6.19. The summed E-state index contributed by atoms with van der Waals surface area (Å²) in [6, 6.07) is 7.38. The fraction of sp³-hybridized carbons (Fsp3) is 0.467. The van der Waals surface area contributed by atoms with Crippen LogP contribution in [0, 0.1) is 5.92 Å². The minimum atomic E-state index is -0.987. The van der Waals surface area contributed by atoms with Crippen molar-refractivity contribution >= 4 is 27.9 Å². The Kier molecular flexibility index (Phi) is 5.74. The van der Waals surface area contributed by atoms with E-state index in [-0.39, 0.29) is 6.42 Å². The van der Waals surface area contributed by atoms with Crippen LogP contribution in [0.5, 0.6) is 0 Å². The lowest BCUT2D eigenvalue weighted by atomic mass is 9.96. The summed E-state index contributed by atoms with van der Waals surface area (Å²) in [4.78, 5) is 23.0. The summed E-state index contributed by atoms with van der Waals surface area (Å²) < 4.78 is 6.10. The van der Waals surface area contributed by atoms with E-state index >= 15 is 0 Å². The highest BCUT2D eigenvalue weighted by molar-refractivity contribution is 9.10. The molecule has 0 spiro atoms. The van der Waals surface area contributed by atoms with Crippen molar-refractivity contribution < 1.29 is 19.4 Å². The maximum absolute atomic E-state index is 11.7. The van der Waals surface area contributed by atoms with Gasteiger partial charge < -0.3 is 9.84 Å². The van der Waals surface area contributed by atoms with Gasteiger partial charge in [0.2, 0.25) is 0 Å². The van der Waals surface area contributed by atoms with Crippen LogP contribution in [0.4, 0.5) is 0 Å². The Bertz CT molecular complexity index is 474. The van der Waals surface area contributed by atoms with E-state index in [4.69, 9.17) is 4.74 Å². The lowest BCUT2D eigenvalue weighted by Gasteiger charge is -2.21. The van der Waals surface area contributed by atoms with E-state index in [0.29, 0.717) is 6.42 Å². The fourth-order valence-corrected chi connectivity index (χ4v) is 2.00. The zero-order chi connectivity index (χ0) is 15.3. The van der Waals surface area contributed by atoms with Crippen LogP contribution in [0.15, 0.2) is 28.7 Å². The van der Waals surface area contributed by atoms with Gasteiger partial charge in [-0.2, -0.15) is 0 Å². The molecule has 0 saturated carbocycles. The minimum absolute atomic E-state index is 0.122. The molecule has 1 N–H and O–H groups in total. The fourth-order valence-electron chi connectivity index (χ4n) is 1.74. The third-order valence-corrected chi connectivity index (χ3v) is 3.11. The van der Waals surface area contributed by atoms with Crippen molar-refractivity contribution in [1.82, 2.24) is 0 Å². The molecule has 0 amide bonds. The first kappa shape index (κ1) is 16.7. The molecule has 1 aromatic carbocycles. The van der Waals surface area contributed by atoms with Gasteiger partial charge in [-0.1, -0.05) is 28.1 Å². The number of carboxylic acids is 1. The Morgan fingerprint density at radius 2 is 1.80 bits per heavy atom. The smallest absolute Gasteiger partial charge is 0.307 e. The summed E-state index contributed by atoms with van der Waals surface area (Å²) in [5, 5.41) is 9.22. The Balaban J connectivity index is 2.68. The molecule has 0 radical (unpaired) electrons. The van der Waals surface area contributed by atoms with Crippen LogP contribution in [0.2, 0.25) is 0 Å². The van der Waals surface area contributed by atoms with Crippen LogP contribution in [0.25, 0.3) is 0 Å². The van der Waals surface area contributed by atoms with E-state index in [1.165, 1.54) is 0 Å². The van der Waals surface area contributed by atoms with Gasteiger partial charge in [-0.25, -0.2) is 0 Å². The lowest BCUT2D eigenvalue weighted by Crippen LogP contribution is -2.28. The van der Waals surface area contributed by atoms with Crippen molar-refractivity contribution in [2.75, 3.05) is 0 Å². The molecule has 1 aromatic rings. The Labute approximate surface area is 127 Å². The highest BCUT2D eigenvalue weighted by Crippen LogP contribution is 2.18. The van der Waals surface area contributed by atoms with Gasteiger partial charge >= 0.3 is 11.9 Å². The normalized spacial score (nSPS) is 12.8. The van der Waals surface area contributed by atoms with Gasteiger partial charge in [0, 0.05) is 4.47 Å². The number of rotatable bonds is 5. The molecule has 0 heterocycles. The second kappa shape index (κ2) is 6.88. The minimum Gasteiger partial charge on any atom is -0.481 e. The summed E-state index contributed by atoms with van der Waals surface area (Å²) in [7, 11) is 0. The second-order valence-corrected chi connectivity index (χ2v) is 6.57. The summed E-state index contributed by atoms with van der Waals surface area (Å²) in [5.41, 5.74) is 0.279. The van der Waals surface area contributed by atoms with E-state index in [1.807, 2.05) is 24.3 Å². The summed E-state index contributed by atoms with van der Waals surface area (Å²) in [6.07, 6.45) is 0.185. The van der Waals surface area contributed by atoms with E-state index < -0.39 is 23.5 Å². The summed E-state index contributed by atoms with van der Waals surface area (Å²) in [6.45, 7) is 5.28. The maximum atomic E-state index is 11.7. The second-order valence-electron chi connectivity index (χ2n) is 5.66. The number of esters is 1. The quantitative estimate of drug-likeness (QED) is 0.832. The largest absolute Gasteiger partial charge is 0.481 e. The first-order chi connectivity index (χ1) is 9.17. The van der Waals surface area contributed by atoms with Crippen LogP contribution in [-0.4, -0.2) is 22.6 Å². The number of carbonyl (C=O) groups is 2. The zero-order valence-corrected chi connectivity index (χ0v) is 13.4. The molecule has 0 fully saturated rings. The topological polar surface area (TPSA) is 63.6 Å². The van der Waals surface area contributed by atoms with Crippen molar-refractivity contribution in [2.45, 2.75) is 39.2 Å². The molecular weight excluding hydrogens is 324 g/mol. The van der Waals surface area contributed by atoms with Crippen molar-refractivity contribution in [3.05, 3.63) is 34.3 Å². The van der Waals surface area contributed by atoms with Crippen LogP contribution in [-0.2, 0) is 20.7 Å². The first-order valence-electron chi connectivity index (χ1n) is 6.36. The number of hydrogen-bond acceptors (Lipinski definition) is 3. The highest BCUT2D eigenvalue weighted by Gasteiger charge is 2.25. The Morgan fingerprint density at radius 1 is 1.25 bits per heavy atom. The molecule has 20 heavy (non-hydrogen) atoms. The van der Waals surface area contributed by atoms with Gasteiger partial charge in [-0.15, -0.1) is 0 Å². The van der Waals surface area contributed by atoms with Crippen molar-refractivity contribution in [3.8, 4) is 0 Å². The molecule has 110 valence electrons. The number of benzene rings is 1. The molecule has 5 heteroatoms. The average Bonchev–Trinajstić information content (AvgIpc) is 2.28. The monoisotopic (exact) mass is 342 g/mol. The molecule has 0 aliphatic heterocycles. The predicted octanol–water partition coefficient (Wildman–Crippen LogP) is 3.42. The van der Waals surface area contributed by atoms with Gasteiger partial charge in [0.25, 0.3) is 0 Å². The number of ether oxygens (including phenoxy) is 1. The number of aliphatic carboxylic acids is 1. The van der Waals surface area contributed by atoms with E-state index in [2.05, 4.69) is 15.9 Å². The Morgan fingerprint density at radius 3 is 2.25 bits per heavy atom. The highest BCUT2D eigenvalue weighted by atomic mass is 79.9. The van der Waals surface area contributed by atoms with Crippen LogP contribution in [0.3, 0.4) is 0 Å². The molecule has 0 aliphatic rings. The summed E-state index contributed by atoms with van der Waals surface area (Å²) in [5.74, 6) is -2.24. The van der Waals surface area contributed by atoms with Gasteiger partial charge in [-0.05, 0) is 44.9 Å². The first-order valence-corrected chi connectivity index (χ1v) is 7.16. The number of carboxylic acid groups (broad SMARTS) is 1. The number of halogens is 1. The Hall–Kier alpha value is -1.36. The molecule has 1 atom stereocenters. The average molecular weight is 343 g/mol. The molecular formula is C15H19BrO4. The zero-order valence-electron chi connectivity index (χ0n) is 11.9. The third-order valence-electron chi connectivity index (χ3n) is 2.58. The van der Waals surface area contributed by atoms with Crippen molar-refractivity contribution in [1.29, 1.82) is 0 Å². The van der Waals surface area contributed by atoms with E-state index in [0.717, 1.165) is 10.0 Å². The predicted molar refractivity (Wildman–Crippen MR) is 79.4 cm³/mol. The van der Waals surface area contributed by atoms with Gasteiger partial charge in [0.15, 0.2) is 0 Å². The molecule has 4 nitrogen and oxygen atoms in total. The molecule has 0 saturated heterocycles. The van der Waals surface area contributed by atoms with Crippen LogP contribution >= 0.6 is 15.9 Å². The van der Waals surface area contributed by atoms with E-state index in [9.17, 15) is 14.7 Å². The number of carbonyl (C=O) groups excluding carboxylic acids is 1. The SMILES string of the molecule is CC(C)(C)OC(=O)C[C@@H](Cc1ccc(Br)cc1)C(=O)O.